The van der Waals surface area contributed by atoms with Crippen molar-refractivity contribution >= 4 is 0 Å². The molecule has 0 atom stereocenters. The van der Waals surface area contributed by atoms with E-state index in [1.165, 1.54) is 16.7 Å². The smallest absolute Gasteiger partial charge is 0.119 e. The third-order valence-electron chi connectivity index (χ3n) is 4.18. The number of rotatable bonds is 11. The molecule has 2 aromatic rings. The summed E-state index contributed by atoms with van der Waals surface area (Å²) in [5, 5.41) is 0. The van der Waals surface area contributed by atoms with Crippen molar-refractivity contribution in [3.05, 3.63) is 59.2 Å². The molecule has 0 saturated heterocycles. The third-order valence-corrected chi connectivity index (χ3v) is 4.18. The van der Waals surface area contributed by atoms with Gasteiger partial charge in [-0.25, -0.2) is 0 Å². The maximum atomic E-state index is 5.37. The van der Waals surface area contributed by atoms with Crippen molar-refractivity contribution in [3.8, 4) is 11.5 Å². The van der Waals surface area contributed by atoms with Gasteiger partial charge in [-0.15, -0.1) is 0 Å². The van der Waals surface area contributed by atoms with Crippen LogP contribution in [-0.4, -0.2) is 68.6 Å². The Balaban J connectivity index is 0.000000466. The van der Waals surface area contributed by atoms with E-state index < -0.39 is 0 Å². The molecule has 0 aliphatic carbocycles. The minimum atomic E-state index is 0.572. The van der Waals surface area contributed by atoms with Gasteiger partial charge in [0, 0.05) is 28.4 Å². The fourth-order valence-electron chi connectivity index (χ4n) is 2.42. The number of ether oxygens (including phenoxy) is 6. The molecule has 0 N–H and O–H groups in total. The highest BCUT2D eigenvalue weighted by Gasteiger charge is 1.97. The second kappa shape index (κ2) is 19.8. The van der Waals surface area contributed by atoms with Crippen LogP contribution in [0.3, 0.4) is 0 Å². The van der Waals surface area contributed by atoms with Crippen molar-refractivity contribution < 1.29 is 28.4 Å². The van der Waals surface area contributed by atoms with E-state index in [1.807, 2.05) is 24.3 Å². The minimum absolute atomic E-state index is 0.572. The lowest BCUT2D eigenvalue weighted by molar-refractivity contribution is 0.103. The molecule has 0 heterocycles. The minimum Gasteiger partial charge on any atom is -0.497 e. The highest BCUT2D eigenvalue weighted by atomic mass is 16.5. The van der Waals surface area contributed by atoms with Gasteiger partial charge < -0.3 is 28.4 Å². The lowest BCUT2D eigenvalue weighted by atomic mass is 10.0. The Labute approximate surface area is 188 Å². The summed E-state index contributed by atoms with van der Waals surface area (Å²) in [5.74, 6) is 1.66. The molecule has 0 unspecified atom stereocenters. The van der Waals surface area contributed by atoms with Gasteiger partial charge in [-0.1, -0.05) is 23.8 Å². The topological polar surface area (TPSA) is 55.4 Å². The average molecular weight is 437 g/mol. The van der Waals surface area contributed by atoms with Gasteiger partial charge in [0.1, 0.15) is 18.1 Å². The molecular weight excluding hydrogens is 396 g/mol. The number of methoxy groups -OCH3 is 5. The summed E-state index contributed by atoms with van der Waals surface area (Å²) in [4.78, 5) is 0. The average Bonchev–Trinajstić information content (AvgIpc) is 2.79. The lowest BCUT2D eigenvalue weighted by Crippen LogP contribution is -2.03. The van der Waals surface area contributed by atoms with Gasteiger partial charge in [0.15, 0.2) is 0 Å². The van der Waals surface area contributed by atoms with Crippen LogP contribution in [-0.2, 0) is 25.4 Å². The summed E-state index contributed by atoms with van der Waals surface area (Å²) in [7, 11) is 8.33. The summed E-state index contributed by atoms with van der Waals surface area (Å²) in [6, 6.07) is 14.0. The summed E-state index contributed by atoms with van der Waals surface area (Å²) >= 11 is 0. The first kappa shape index (κ1) is 28.9. The van der Waals surface area contributed by atoms with Crippen LogP contribution in [0, 0.1) is 13.8 Å². The van der Waals surface area contributed by atoms with Crippen LogP contribution in [0.2, 0.25) is 0 Å². The summed E-state index contributed by atoms with van der Waals surface area (Å²) in [5.41, 5.74) is 4.09. The second-order valence-corrected chi connectivity index (χ2v) is 6.68. The Morgan fingerprint density at radius 3 is 1.58 bits per heavy atom. The van der Waals surface area contributed by atoms with E-state index in [-0.39, 0.29) is 0 Å². The molecule has 0 aromatic heterocycles. The summed E-state index contributed by atoms with van der Waals surface area (Å²) in [6.45, 7) is 7.64. The van der Waals surface area contributed by atoms with Crippen molar-refractivity contribution in [1.29, 1.82) is 0 Å². The van der Waals surface area contributed by atoms with Crippen LogP contribution in [0.25, 0.3) is 0 Å². The van der Waals surface area contributed by atoms with Gasteiger partial charge in [-0.05, 0) is 55.7 Å². The Morgan fingerprint density at radius 1 is 0.581 bits per heavy atom. The standard InChI is InChI=1S/C11H16O.C10H14O3.C4H10O2/c1-9-4-5-11(6-7-12-3)10(2)8-9;1-11-7-8-13-10-5-3-9(12-2)4-6-10;1-5-3-4-6-2/h4-5,8H,6-7H2,1-3H3;3-6H,7-8H2,1-2H3;3-4H2,1-2H3. The van der Waals surface area contributed by atoms with Crippen LogP contribution < -0.4 is 9.47 Å². The molecule has 0 radical (unpaired) electrons. The molecule has 176 valence electrons. The molecular formula is C25H40O6. The summed E-state index contributed by atoms with van der Waals surface area (Å²) < 4.78 is 29.6. The Kier molecular flexibility index (Phi) is 18.5. The predicted octanol–water partition coefficient (Wildman–Crippen LogP) is 4.49. The van der Waals surface area contributed by atoms with Crippen LogP contribution in [0.5, 0.6) is 11.5 Å². The molecule has 0 saturated carbocycles. The molecule has 6 nitrogen and oxygen atoms in total. The molecule has 6 heteroatoms. The van der Waals surface area contributed by atoms with Gasteiger partial charge in [0.25, 0.3) is 0 Å². The van der Waals surface area contributed by atoms with Crippen molar-refractivity contribution in [2.75, 3.05) is 68.6 Å². The monoisotopic (exact) mass is 436 g/mol. The first-order valence-corrected chi connectivity index (χ1v) is 10.3. The Hall–Kier alpha value is -2.12. The number of aryl methyl sites for hydroxylation is 2. The highest BCUT2D eigenvalue weighted by molar-refractivity contribution is 5.31. The number of hydrogen-bond donors (Lipinski definition) is 0. The van der Waals surface area contributed by atoms with E-state index in [9.17, 15) is 0 Å². The number of benzene rings is 2. The first-order valence-electron chi connectivity index (χ1n) is 10.3. The second-order valence-electron chi connectivity index (χ2n) is 6.68. The van der Waals surface area contributed by atoms with E-state index in [0.29, 0.717) is 26.4 Å². The van der Waals surface area contributed by atoms with E-state index in [0.717, 1.165) is 24.5 Å². The van der Waals surface area contributed by atoms with Gasteiger partial charge in [-0.2, -0.15) is 0 Å². The zero-order valence-electron chi connectivity index (χ0n) is 20.2. The third kappa shape index (κ3) is 15.3. The van der Waals surface area contributed by atoms with E-state index >= 15 is 0 Å². The molecule has 31 heavy (non-hydrogen) atoms. The Morgan fingerprint density at radius 2 is 1.10 bits per heavy atom. The largest absolute Gasteiger partial charge is 0.497 e. The predicted molar refractivity (Wildman–Crippen MR) is 126 cm³/mol. The summed E-state index contributed by atoms with van der Waals surface area (Å²) in [6.07, 6.45) is 1.02. The SMILES string of the molecule is COCCOC.COCCOc1ccc(OC)cc1.COCCc1ccc(C)cc1C. The molecule has 2 aromatic carbocycles. The maximum Gasteiger partial charge on any atom is 0.119 e. The zero-order chi connectivity index (χ0) is 23.3. The molecule has 0 aliphatic heterocycles. The van der Waals surface area contributed by atoms with Crippen molar-refractivity contribution in [2.24, 2.45) is 0 Å². The fourth-order valence-corrected chi connectivity index (χ4v) is 2.42. The van der Waals surface area contributed by atoms with Crippen LogP contribution in [0.4, 0.5) is 0 Å². The van der Waals surface area contributed by atoms with Gasteiger partial charge in [0.2, 0.25) is 0 Å². The van der Waals surface area contributed by atoms with Crippen LogP contribution in [0.1, 0.15) is 16.7 Å². The molecule has 0 bridgehead atoms. The van der Waals surface area contributed by atoms with E-state index in [4.69, 9.17) is 18.9 Å². The van der Waals surface area contributed by atoms with Gasteiger partial charge >= 0.3 is 0 Å². The van der Waals surface area contributed by atoms with Crippen LogP contribution in [0.15, 0.2) is 42.5 Å². The lowest BCUT2D eigenvalue weighted by Gasteiger charge is -2.05. The number of hydrogen-bond acceptors (Lipinski definition) is 6. The quantitative estimate of drug-likeness (QED) is 0.484. The van der Waals surface area contributed by atoms with Crippen molar-refractivity contribution in [1.82, 2.24) is 0 Å². The molecule has 0 amide bonds. The van der Waals surface area contributed by atoms with Gasteiger partial charge in [0.05, 0.1) is 33.5 Å². The normalized spacial score (nSPS) is 9.77. The highest BCUT2D eigenvalue weighted by Crippen LogP contribution is 2.16. The molecule has 0 aliphatic rings. The fraction of sp³-hybridized carbons (Fsp3) is 0.520. The first-order chi connectivity index (χ1) is 15.0. The zero-order valence-corrected chi connectivity index (χ0v) is 20.2. The van der Waals surface area contributed by atoms with E-state index in [2.05, 4.69) is 41.5 Å². The molecule has 0 spiro atoms. The van der Waals surface area contributed by atoms with E-state index in [1.54, 1.807) is 35.5 Å². The Bertz CT molecular complexity index is 654. The van der Waals surface area contributed by atoms with Crippen molar-refractivity contribution in [3.63, 3.8) is 0 Å². The molecule has 2 rings (SSSR count). The maximum absolute atomic E-state index is 5.37. The molecule has 0 fully saturated rings. The van der Waals surface area contributed by atoms with Crippen LogP contribution >= 0.6 is 0 Å². The van der Waals surface area contributed by atoms with Gasteiger partial charge in [-0.3, -0.25) is 0 Å². The van der Waals surface area contributed by atoms with Crippen molar-refractivity contribution in [2.45, 2.75) is 20.3 Å².